The molecule has 0 saturated carbocycles. The van der Waals surface area contributed by atoms with Crippen molar-refractivity contribution in [1.82, 2.24) is 0 Å². The topological polar surface area (TPSA) is 134 Å². The molecule has 0 radical (unpaired) electrons. The van der Waals surface area contributed by atoms with E-state index in [1.165, 1.54) is 154 Å². The molecule has 2 unspecified atom stereocenters. The lowest BCUT2D eigenvalue weighted by atomic mass is 10.0. The molecule has 0 rings (SSSR count). The molecule has 0 spiro atoms. The third-order valence-corrected chi connectivity index (χ3v) is 17.1. The first-order valence-electron chi connectivity index (χ1n) is 38.6. The van der Waals surface area contributed by atoms with Crippen molar-refractivity contribution in [3.8, 4) is 0 Å². The van der Waals surface area contributed by atoms with Gasteiger partial charge in [-0.1, -0.05) is 351 Å². The Morgan fingerprint density at radius 1 is 0.316 bits per heavy atom. The van der Waals surface area contributed by atoms with E-state index in [-0.39, 0.29) is 38.6 Å². The SMILES string of the molecule is CC/C=C\C/C=C\C/C=C\C/C=C\C/C=C\C/C=C\C/C=C\C/C=C\C/C=C\C/C=C\CCCCCCCCCCCCC(=O)OC(COC(=O)CCCCCCCCCCCCCCCCCCCCCC/C=C\C/C=C\C/C=C\C/C=C\CC)COP(=O)(O)OCCN. The minimum atomic E-state index is -4.41. The zero-order valence-electron chi connectivity index (χ0n) is 60.8. The Bertz CT molecular complexity index is 2170. The van der Waals surface area contributed by atoms with Gasteiger partial charge in [0.15, 0.2) is 6.10 Å². The minimum absolute atomic E-state index is 0.0469. The van der Waals surface area contributed by atoms with Crippen molar-refractivity contribution in [2.24, 2.45) is 5.73 Å². The highest BCUT2D eigenvalue weighted by molar-refractivity contribution is 7.47. The zero-order valence-corrected chi connectivity index (χ0v) is 61.7. The molecule has 0 aliphatic rings. The number of allylic oxidation sites excluding steroid dienone is 28. The van der Waals surface area contributed by atoms with Crippen molar-refractivity contribution in [2.75, 3.05) is 26.4 Å². The number of phosphoric acid groups is 1. The van der Waals surface area contributed by atoms with Gasteiger partial charge in [-0.15, -0.1) is 0 Å². The Morgan fingerprint density at radius 2 is 0.547 bits per heavy atom. The molecule has 0 aromatic rings. The van der Waals surface area contributed by atoms with Crippen LogP contribution in [0.25, 0.3) is 0 Å². The second kappa shape index (κ2) is 78.4. The van der Waals surface area contributed by atoms with Crippen molar-refractivity contribution in [2.45, 2.75) is 328 Å². The molecular formula is C85H142NO8P. The van der Waals surface area contributed by atoms with Gasteiger partial charge in [0.25, 0.3) is 0 Å². The van der Waals surface area contributed by atoms with E-state index in [0.29, 0.717) is 6.42 Å². The van der Waals surface area contributed by atoms with Crippen LogP contribution in [0.15, 0.2) is 170 Å². The molecule has 0 aromatic carbocycles. The van der Waals surface area contributed by atoms with Gasteiger partial charge in [0.1, 0.15) is 6.61 Å². The van der Waals surface area contributed by atoms with E-state index in [1.807, 2.05) is 0 Å². The van der Waals surface area contributed by atoms with Crippen LogP contribution >= 0.6 is 7.82 Å². The highest BCUT2D eigenvalue weighted by atomic mass is 31.2. The number of unbranched alkanes of at least 4 members (excludes halogenated alkanes) is 30. The summed E-state index contributed by atoms with van der Waals surface area (Å²) in [5.41, 5.74) is 5.41. The molecule has 0 bridgehead atoms. The fourth-order valence-corrected chi connectivity index (χ4v) is 11.2. The molecule has 10 heteroatoms. The molecule has 0 aliphatic carbocycles. The molecule has 0 fully saturated rings. The summed E-state index contributed by atoms with van der Waals surface area (Å²) < 4.78 is 33.2. The van der Waals surface area contributed by atoms with Crippen molar-refractivity contribution < 1.29 is 37.6 Å². The Kier molecular flexibility index (Phi) is 74.5. The van der Waals surface area contributed by atoms with Gasteiger partial charge in [-0.05, 0) is 128 Å². The predicted octanol–water partition coefficient (Wildman–Crippen LogP) is 26.1. The van der Waals surface area contributed by atoms with E-state index in [2.05, 4.69) is 184 Å². The van der Waals surface area contributed by atoms with Crippen LogP contribution in [0.4, 0.5) is 0 Å². The number of esters is 2. The fourth-order valence-electron chi connectivity index (χ4n) is 10.5. The van der Waals surface area contributed by atoms with E-state index in [4.69, 9.17) is 24.3 Å². The molecule has 2 atom stereocenters. The Balaban J connectivity index is 3.89. The van der Waals surface area contributed by atoms with Crippen LogP contribution in [0.3, 0.4) is 0 Å². The number of nitrogens with two attached hydrogens (primary N) is 1. The number of hydrogen-bond acceptors (Lipinski definition) is 8. The third-order valence-electron chi connectivity index (χ3n) is 16.1. The van der Waals surface area contributed by atoms with Crippen LogP contribution in [0.2, 0.25) is 0 Å². The molecule has 0 saturated heterocycles. The fraction of sp³-hybridized carbons (Fsp3) is 0.647. The van der Waals surface area contributed by atoms with Crippen molar-refractivity contribution >= 4 is 19.8 Å². The standard InChI is InChI=1S/C85H142NO8P/c1-3-5-7-9-11-13-15-17-19-21-23-25-27-29-31-33-35-37-38-39-40-41-42-43-44-46-48-50-52-54-56-58-60-62-64-66-68-70-72-74-76-78-85(88)94-83(82-93-95(89,90)92-80-79-86)81-91-84(87)77-75-73-71-69-67-65-63-61-59-57-55-53-51-49-47-45-36-34-32-30-28-26-24-22-20-18-16-14-12-10-8-6-4-2/h5-8,11-14,17-20,23-26,29,31,35,37,39-40,42-43,46,48,52,54,83H,3-4,9-10,15-16,21-22,27-28,30,32-34,36,38,41,44-45,47,49-51,53,55-82,86H2,1-2H3,(H,89,90)/b7-5-,8-6-,13-11-,14-12-,19-17-,20-18-,25-23-,26-24-,31-29-,37-35-,40-39-,43-42-,48-46-,54-52-. The summed E-state index contributed by atoms with van der Waals surface area (Å²) >= 11 is 0. The van der Waals surface area contributed by atoms with E-state index in [1.54, 1.807) is 0 Å². The van der Waals surface area contributed by atoms with E-state index in [9.17, 15) is 19.0 Å². The average Bonchev–Trinajstić information content (AvgIpc) is 2.75. The van der Waals surface area contributed by atoms with Crippen LogP contribution in [0, 0.1) is 0 Å². The Labute approximate surface area is 584 Å². The molecule has 95 heavy (non-hydrogen) atoms. The first-order chi connectivity index (χ1) is 46.8. The van der Waals surface area contributed by atoms with Gasteiger partial charge in [-0.2, -0.15) is 0 Å². The highest BCUT2D eigenvalue weighted by Crippen LogP contribution is 2.43. The first-order valence-corrected chi connectivity index (χ1v) is 40.1. The zero-order chi connectivity index (χ0) is 68.6. The summed E-state index contributed by atoms with van der Waals surface area (Å²) in [6.07, 6.45) is 116. The summed E-state index contributed by atoms with van der Waals surface area (Å²) in [7, 11) is -4.41. The quantitative estimate of drug-likeness (QED) is 0.0264. The van der Waals surface area contributed by atoms with Crippen LogP contribution in [0.1, 0.15) is 322 Å². The molecule has 9 nitrogen and oxygen atoms in total. The lowest BCUT2D eigenvalue weighted by Gasteiger charge is -2.19. The normalized spacial score (nSPS) is 13.9. The number of rotatable bonds is 71. The van der Waals surface area contributed by atoms with Crippen molar-refractivity contribution in [3.05, 3.63) is 170 Å². The number of hydrogen-bond donors (Lipinski definition) is 2. The molecule has 540 valence electrons. The van der Waals surface area contributed by atoms with Crippen molar-refractivity contribution in [1.29, 1.82) is 0 Å². The maximum absolute atomic E-state index is 12.8. The van der Waals surface area contributed by atoms with Gasteiger partial charge in [-0.25, -0.2) is 4.57 Å². The average molecular weight is 1340 g/mol. The summed E-state index contributed by atoms with van der Waals surface area (Å²) in [4.78, 5) is 35.5. The Morgan fingerprint density at radius 3 is 0.811 bits per heavy atom. The molecule has 0 aromatic heterocycles. The maximum Gasteiger partial charge on any atom is 0.472 e. The molecule has 0 aliphatic heterocycles. The summed E-state index contributed by atoms with van der Waals surface area (Å²) in [6, 6.07) is 0. The minimum Gasteiger partial charge on any atom is -0.462 e. The summed E-state index contributed by atoms with van der Waals surface area (Å²) in [6.45, 7) is 3.53. The number of carbonyl (C=O) groups is 2. The van der Waals surface area contributed by atoms with Crippen LogP contribution in [-0.2, 0) is 32.7 Å². The van der Waals surface area contributed by atoms with Gasteiger partial charge in [0.05, 0.1) is 13.2 Å². The van der Waals surface area contributed by atoms with Crippen molar-refractivity contribution in [3.63, 3.8) is 0 Å². The van der Waals surface area contributed by atoms with Gasteiger partial charge in [0.2, 0.25) is 0 Å². The number of ether oxygens (including phenoxy) is 2. The van der Waals surface area contributed by atoms with E-state index in [0.717, 1.165) is 135 Å². The first kappa shape index (κ1) is 90.4. The van der Waals surface area contributed by atoms with Gasteiger partial charge in [0, 0.05) is 19.4 Å². The van der Waals surface area contributed by atoms with Crippen LogP contribution < -0.4 is 5.73 Å². The van der Waals surface area contributed by atoms with Crippen LogP contribution in [-0.4, -0.2) is 49.3 Å². The number of carbonyl (C=O) groups excluding carboxylic acids is 2. The summed E-state index contributed by atoms with van der Waals surface area (Å²) in [5.74, 6) is -0.830. The smallest absolute Gasteiger partial charge is 0.462 e. The second-order valence-corrected chi connectivity index (χ2v) is 26.6. The van der Waals surface area contributed by atoms with E-state index >= 15 is 0 Å². The molecule has 3 N–H and O–H groups in total. The summed E-state index contributed by atoms with van der Waals surface area (Å²) in [5, 5.41) is 0. The molecular weight excluding hydrogens is 1190 g/mol. The Hall–Kier alpha value is -4.63. The van der Waals surface area contributed by atoms with E-state index < -0.39 is 26.5 Å². The lowest BCUT2D eigenvalue weighted by molar-refractivity contribution is -0.161. The highest BCUT2D eigenvalue weighted by Gasteiger charge is 2.26. The number of phosphoric ester groups is 1. The largest absolute Gasteiger partial charge is 0.472 e. The molecule has 0 amide bonds. The third kappa shape index (κ3) is 78.3. The van der Waals surface area contributed by atoms with Gasteiger partial charge < -0.3 is 20.1 Å². The second-order valence-electron chi connectivity index (χ2n) is 25.1. The van der Waals surface area contributed by atoms with Gasteiger partial charge >= 0.3 is 19.8 Å². The molecule has 0 heterocycles. The van der Waals surface area contributed by atoms with Crippen LogP contribution in [0.5, 0.6) is 0 Å². The lowest BCUT2D eigenvalue weighted by Crippen LogP contribution is -2.29. The maximum atomic E-state index is 12.8. The van der Waals surface area contributed by atoms with Gasteiger partial charge in [-0.3, -0.25) is 18.6 Å². The monoisotopic (exact) mass is 1340 g/mol. The predicted molar refractivity (Wildman–Crippen MR) is 413 cm³/mol.